The highest BCUT2D eigenvalue weighted by molar-refractivity contribution is 7.14. The zero-order valence-corrected chi connectivity index (χ0v) is 12.6. The molecule has 1 amide bonds. The van der Waals surface area contributed by atoms with Gasteiger partial charge in [0.25, 0.3) is 5.91 Å². The van der Waals surface area contributed by atoms with Crippen molar-refractivity contribution in [3.8, 4) is 0 Å². The van der Waals surface area contributed by atoms with Crippen LogP contribution in [-0.2, 0) is 5.54 Å². The van der Waals surface area contributed by atoms with Gasteiger partial charge in [-0.1, -0.05) is 0 Å². The predicted octanol–water partition coefficient (Wildman–Crippen LogP) is 2.96. The monoisotopic (exact) mass is 278 g/mol. The first kappa shape index (κ1) is 13.7. The van der Waals surface area contributed by atoms with Crippen molar-refractivity contribution in [2.24, 2.45) is 0 Å². The van der Waals surface area contributed by atoms with Crippen LogP contribution in [0, 0.1) is 13.8 Å². The number of carbonyl (C=O) groups excluding carboxylic acids is 1. The third-order valence-electron chi connectivity index (χ3n) is 2.86. The zero-order valence-electron chi connectivity index (χ0n) is 11.8. The minimum absolute atomic E-state index is 0.136. The fraction of sp³-hybridized carbons (Fsp3) is 0.462. The first-order chi connectivity index (χ1) is 8.80. The second-order valence-electron chi connectivity index (χ2n) is 5.45. The molecule has 6 heteroatoms. The van der Waals surface area contributed by atoms with Crippen molar-refractivity contribution in [3.63, 3.8) is 0 Å². The molecule has 0 aliphatic heterocycles. The quantitative estimate of drug-likeness (QED) is 0.918. The number of hydrogen-bond donors (Lipinski definition) is 1. The van der Waals surface area contributed by atoms with E-state index in [1.807, 2.05) is 18.5 Å². The smallest absolute Gasteiger partial charge is 0.259 e. The molecule has 0 radical (unpaired) electrons. The highest BCUT2D eigenvalue weighted by atomic mass is 32.1. The van der Waals surface area contributed by atoms with E-state index in [1.54, 1.807) is 11.7 Å². The van der Waals surface area contributed by atoms with Crippen LogP contribution in [0.25, 0.3) is 0 Å². The van der Waals surface area contributed by atoms with Gasteiger partial charge in [0.15, 0.2) is 0 Å². The molecule has 0 bridgehead atoms. The van der Waals surface area contributed by atoms with Gasteiger partial charge in [0.2, 0.25) is 0 Å². The Kier molecular flexibility index (Phi) is 3.45. The molecule has 5 nitrogen and oxygen atoms in total. The van der Waals surface area contributed by atoms with Crippen molar-refractivity contribution in [1.29, 1.82) is 0 Å². The second-order valence-corrected chi connectivity index (χ2v) is 6.30. The molecule has 0 aliphatic rings. The summed E-state index contributed by atoms with van der Waals surface area (Å²) in [6.07, 6.45) is 1.62. The Bertz CT molecular complexity index is 606. The zero-order chi connectivity index (χ0) is 14.2. The molecule has 2 aromatic heterocycles. The van der Waals surface area contributed by atoms with Crippen LogP contribution in [0.1, 0.15) is 42.5 Å². The van der Waals surface area contributed by atoms with Gasteiger partial charge in [0.1, 0.15) is 5.00 Å². The summed E-state index contributed by atoms with van der Waals surface area (Å²) in [7, 11) is 0. The first-order valence-electron chi connectivity index (χ1n) is 6.07. The van der Waals surface area contributed by atoms with E-state index >= 15 is 0 Å². The molecule has 0 saturated heterocycles. The Labute approximate surface area is 116 Å². The lowest BCUT2D eigenvalue weighted by Crippen LogP contribution is -2.25. The van der Waals surface area contributed by atoms with E-state index in [0.29, 0.717) is 5.56 Å². The number of thiazole rings is 1. The maximum absolute atomic E-state index is 12.2. The number of hydrogen-bond acceptors (Lipinski definition) is 4. The maximum Gasteiger partial charge on any atom is 0.259 e. The molecule has 2 rings (SSSR count). The van der Waals surface area contributed by atoms with Crippen LogP contribution >= 0.6 is 11.3 Å². The number of anilines is 1. The topological polar surface area (TPSA) is 59.8 Å². The highest BCUT2D eigenvalue weighted by Gasteiger charge is 2.21. The standard InChI is InChI=1S/C13H18N4OS/c1-8-12(19-7-14-8)16-11(18)10-6-15-17(9(10)2)13(3,4)5/h6-7H,1-5H3,(H,16,18). The third-order valence-corrected chi connectivity index (χ3v) is 3.71. The molecule has 0 saturated carbocycles. The summed E-state index contributed by atoms with van der Waals surface area (Å²) in [4.78, 5) is 16.4. The number of aryl methyl sites for hydroxylation is 1. The summed E-state index contributed by atoms with van der Waals surface area (Å²) >= 11 is 1.42. The molecule has 2 aromatic rings. The summed E-state index contributed by atoms with van der Waals surface area (Å²) in [6.45, 7) is 9.95. The minimum Gasteiger partial charge on any atom is -0.312 e. The number of nitrogens with zero attached hydrogens (tertiary/aromatic N) is 3. The van der Waals surface area contributed by atoms with Crippen molar-refractivity contribution < 1.29 is 4.79 Å². The summed E-state index contributed by atoms with van der Waals surface area (Å²) < 4.78 is 1.86. The van der Waals surface area contributed by atoms with Gasteiger partial charge in [-0.05, 0) is 34.6 Å². The Hall–Kier alpha value is -1.69. The van der Waals surface area contributed by atoms with E-state index in [4.69, 9.17) is 0 Å². The van der Waals surface area contributed by atoms with Crippen molar-refractivity contribution >= 4 is 22.2 Å². The normalized spacial score (nSPS) is 11.6. The molecule has 0 aromatic carbocycles. The van der Waals surface area contributed by atoms with Crippen LogP contribution in [0.15, 0.2) is 11.7 Å². The predicted molar refractivity (Wildman–Crippen MR) is 76.8 cm³/mol. The van der Waals surface area contributed by atoms with Crippen LogP contribution in [-0.4, -0.2) is 20.7 Å². The highest BCUT2D eigenvalue weighted by Crippen LogP contribution is 2.22. The molecule has 0 spiro atoms. The lowest BCUT2D eigenvalue weighted by Gasteiger charge is -2.21. The number of carbonyl (C=O) groups is 1. The second kappa shape index (κ2) is 4.77. The Morgan fingerprint density at radius 2 is 2.05 bits per heavy atom. The summed E-state index contributed by atoms with van der Waals surface area (Å²) in [6, 6.07) is 0. The molecule has 102 valence electrons. The van der Waals surface area contributed by atoms with Crippen LogP contribution in [0.5, 0.6) is 0 Å². The van der Waals surface area contributed by atoms with Gasteiger partial charge in [-0.3, -0.25) is 9.48 Å². The van der Waals surface area contributed by atoms with Gasteiger partial charge < -0.3 is 5.32 Å². The molecule has 0 unspecified atom stereocenters. The molecule has 1 N–H and O–H groups in total. The Morgan fingerprint density at radius 1 is 1.37 bits per heavy atom. The lowest BCUT2D eigenvalue weighted by molar-refractivity contribution is 0.102. The summed E-state index contributed by atoms with van der Waals surface area (Å²) in [5.74, 6) is -0.139. The van der Waals surface area contributed by atoms with Crippen molar-refractivity contribution in [2.45, 2.75) is 40.2 Å². The fourth-order valence-corrected chi connectivity index (χ4v) is 2.59. The molecule has 19 heavy (non-hydrogen) atoms. The van der Waals surface area contributed by atoms with Crippen LogP contribution in [0.3, 0.4) is 0 Å². The molecular weight excluding hydrogens is 260 g/mol. The van der Waals surface area contributed by atoms with E-state index in [1.165, 1.54) is 11.3 Å². The summed E-state index contributed by atoms with van der Waals surface area (Å²) in [5, 5.41) is 7.96. The first-order valence-corrected chi connectivity index (χ1v) is 6.95. The molecule has 2 heterocycles. The number of nitrogens with one attached hydrogen (secondary N) is 1. The van der Waals surface area contributed by atoms with E-state index in [-0.39, 0.29) is 11.4 Å². The van der Waals surface area contributed by atoms with Crippen molar-refractivity contribution in [3.05, 3.63) is 28.7 Å². The fourth-order valence-electron chi connectivity index (χ4n) is 1.90. The Morgan fingerprint density at radius 3 is 2.53 bits per heavy atom. The molecule has 0 aliphatic carbocycles. The van der Waals surface area contributed by atoms with E-state index in [2.05, 4.69) is 36.2 Å². The van der Waals surface area contributed by atoms with E-state index in [0.717, 1.165) is 16.4 Å². The number of amides is 1. The lowest BCUT2D eigenvalue weighted by atomic mass is 10.1. The average molecular weight is 278 g/mol. The van der Waals surface area contributed by atoms with E-state index < -0.39 is 0 Å². The minimum atomic E-state index is -0.139. The van der Waals surface area contributed by atoms with Gasteiger partial charge in [-0.2, -0.15) is 5.10 Å². The van der Waals surface area contributed by atoms with Gasteiger partial charge in [0, 0.05) is 5.69 Å². The van der Waals surface area contributed by atoms with Crippen LogP contribution in [0.2, 0.25) is 0 Å². The number of aromatic nitrogens is 3. The Balaban J connectivity index is 2.26. The average Bonchev–Trinajstić information content (AvgIpc) is 2.85. The van der Waals surface area contributed by atoms with Gasteiger partial charge >= 0.3 is 0 Å². The van der Waals surface area contributed by atoms with Gasteiger partial charge in [-0.15, -0.1) is 11.3 Å². The van der Waals surface area contributed by atoms with Crippen LogP contribution in [0.4, 0.5) is 5.00 Å². The molecule has 0 atom stereocenters. The number of rotatable bonds is 2. The SMILES string of the molecule is Cc1ncsc1NC(=O)c1cnn(C(C)(C)C)c1C. The van der Waals surface area contributed by atoms with Crippen LogP contribution < -0.4 is 5.32 Å². The molecular formula is C13H18N4OS. The largest absolute Gasteiger partial charge is 0.312 e. The van der Waals surface area contributed by atoms with Gasteiger partial charge in [0.05, 0.1) is 28.5 Å². The third kappa shape index (κ3) is 2.68. The van der Waals surface area contributed by atoms with Gasteiger partial charge in [-0.25, -0.2) is 4.98 Å². The summed E-state index contributed by atoms with van der Waals surface area (Å²) in [5.41, 5.74) is 3.88. The van der Waals surface area contributed by atoms with E-state index in [9.17, 15) is 4.79 Å². The molecule has 0 fully saturated rings. The maximum atomic E-state index is 12.2. The van der Waals surface area contributed by atoms with Crippen molar-refractivity contribution in [2.75, 3.05) is 5.32 Å². The van der Waals surface area contributed by atoms with Crippen molar-refractivity contribution in [1.82, 2.24) is 14.8 Å².